The highest BCUT2D eigenvalue weighted by molar-refractivity contribution is 5.82. The fourth-order valence-corrected chi connectivity index (χ4v) is 5.31. The number of fused-ring (bicyclic) bond motifs is 3. The number of piperidine rings is 2. The molecular weight excluding hydrogens is 334 g/mol. The Morgan fingerprint density at radius 1 is 1.08 bits per heavy atom. The summed E-state index contributed by atoms with van der Waals surface area (Å²) in [7, 11) is 1.90. The number of hydrogen-bond donors (Lipinski definition) is 0. The summed E-state index contributed by atoms with van der Waals surface area (Å²) in [5, 5.41) is 0. The van der Waals surface area contributed by atoms with E-state index in [0.29, 0.717) is 43.6 Å². The zero-order valence-corrected chi connectivity index (χ0v) is 16.1. The van der Waals surface area contributed by atoms with E-state index in [9.17, 15) is 9.59 Å². The monoisotopic (exact) mass is 365 g/mol. The van der Waals surface area contributed by atoms with Gasteiger partial charge in [-0.3, -0.25) is 14.6 Å². The van der Waals surface area contributed by atoms with Gasteiger partial charge >= 0.3 is 6.09 Å². The number of rotatable bonds is 4. The van der Waals surface area contributed by atoms with Gasteiger partial charge in [-0.1, -0.05) is 0 Å². The Morgan fingerprint density at radius 3 is 2.23 bits per heavy atom. The number of ether oxygens (including phenoxy) is 2. The van der Waals surface area contributed by atoms with Crippen LogP contribution in [0.3, 0.4) is 0 Å². The molecule has 7 heteroatoms. The molecule has 1 aliphatic carbocycles. The predicted molar refractivity (Wildman–Crippen MR) is 95.6 cm³/mol. The summed E-state index contributed by atoms with van der Waals surface area (Å²) in [6.07, 6.45) is 1.70. The van der Waals surface area contributed by atoms with E-state index in [-0.39, 0.29) is 24.1 Å². The Morgan fingerprint density at radius 2 is 1.69 bits per heavy atom. The van der Waals surface area contributed by atoms with Crippen LogP contribution in [0.15, 0.2) is 0 Å². The van der Waals surface area contributed by atoms with E-state index in [1.54, 1.807) is 0 Å². The first-order valence-corrected chi connectivity index (χ1v) is 10.1. The smallest absolute Gasteiger partial charge is 0.410 e. The molecule has 26 heavy (non-hydrogen) atoms. The van der Waals surface area contributed by atoms with E-state index in [4.69, 9.17) is 9.47 Å². The van der Waals surface area contributed by atoms with Crippen molar-refractivity contribution in [1.29, 1.82) is 0 Å². The van der Waals surface area contributed by atoms with Crippen molar-refractivity contribution in [3.63, 3.8) is 0 Å². The van der Waals surface area contributed by atoms with Gasteiger partial charge in [0.25, 0.3) is 0 Å². The number of nitrogens with zero attached hydrogens (tertiary/aromatic N) is 3. The lowest BCUT2D eigenvalue weighted by molar-refractivity contribution is -0.132. The van der Waals surface area contributed by atoms with Gasteiger partial charge in [0.2, 0.25) is 5.91 Å². The molecule has 2 amide bonds. The predicted octanol–water partition coefficient (Wildman–Crippen LogP) is 1.03. The van der Waals surface area contributed by atoms with Gasteiger partial charge in [-0.25, -0.2) is 4.79 Å². The molecule has 2 unspecified atom stereocenters. The number of carbonyl (C=O) groups is 2. The van der Waals surface area contributed by atoms with Crippen LogP contribution in [0.4, 0.5) is 4.79 Å². The second-order valence-corrected chi connectivity index (χ2v) is 8.24. The van der Waals surface area contributed by atoms with Gasteiger partial charge in [-0.15, -0.1) is 0 Å². The summed E-state index contributed by atoms with van der Waals surface area (Å²) in [5.41, 5.74) is 0. The fraction of sp³-hybridized carbons (Fsp3) is 0.895. The van der Waals surface area contributed by atoms with E-state index >= 15 is 0 Å². The topological polar surface area (TPSA) is 62.3 Å². The van der Waals surface area contributed by atoms with Crippen molar-refractivity contribution >= 4 is 12.0 Å². The maximum absolute atomic E-state index is 12.4. The normalized spacial score (nSPS) is 38.7. The van der Waals surface area contributed by atoms with Crippen molar-refractivity contribution in [2.75, 3.05) is 46.5 Å². The Labute approximate surface area is 155 Å². The van der Waals surface area contributed by atoms with Crippen LogP contribution in [0, 0.1) is 17.8 Å². The van der Waals surface area contributed by atoms with E-state index in [1.165, 1.54) is 0 Å². The molecule has 146 valence electrons. The molecule has 3 heterocycles. The summed E-state index contributed by atoms with van der Waals surface area (Å²) in [5.74, 6) is 1.65. The number of likely N-dealkylation sites (tertiary alicyclic amines) is 1. The second-order valence-electron chi connectivity index (χ2n) is 8.24. The number of carbonyl (C=O) groups excluding carboxylic acids is 2. The molecule has 3 aliphatic heterocycles. The molecule has 7 nitrogen and oxygen atoms in total. The highest BCUT2D eigenvalue weighted by Gasteiger charge is 2.61. The quantitative estimate of drug-likeness (QED) is 0.745. The van der Waals surface area contributed by atoms with Gasteiger partial charge in [0.15, 0.2) is 0 Å². The van der Waals surface area contributed by atoms with Crippen LogP contribution >= 0.6 is 0 Å². The minimum Gasteiger partial charge on any atom is -0.450 e. The molecule has 4 aliphatic rings. The average Bonchev–Trinajstić information content (AvgIpc) is 3.12. The molecule has 0 N–H and O–H groups in total. The Bertz CT molecular complexity index is 545. The number of morpholine rings is 1. The molecule has 4 rings (SSSR count). The molecule has 0 aromatic carbocycles. The summed E-state index contributed by atoms with van der Waals surface area (Å²) in [6.45, 7) is 8.35. The summed E-state index contributed by atoms with van der Waals surface area (Å²) in [4.78, 5) is 31.0. The molecule has 1 saturated carbocycles. The van der Waals surface area contributed by atoms with Gasteiger partial charge in [-0.05, 0) is 38.5 Å². The Hall–Kier alpha value is -1.34. The van der Waals surface area contributed by atoms with Crippen LogP contribution in [0.25, 0.3) is 0 Å². The lowest BCUT2D eigenvalue weighted by Gasteiger charge is -2.49. The Kier molecular flexibility index (Phi) is 4.86. The number of hydrogen-bond acceptors (Lipinski definition) is 5. The van der Waals surface area contributed by atoms with Crippen LogP contribution in [0.5, 0.6) is 0 Å². The largest absolute Gasteiger partial charge is 0.450 e. The molecule has 4 fully saturated rings. The third-order valence-corrected chi connectivity index (χ3v) is 6.85. The molecule has 0 spiro atoms. The fourth-order valence-electron chi connectivity index (χ4n) is 5.31. The van der Waals surface area contributed by atoms with Gasteiger partial charge in [0.05, 0.1) is 31.9 Å². The van der Waals surface area contributed by atoms with Gasteiger partial charge < -0.3 is 14.4 Å². The molecule has 0 aromatic rings. The molecular formula is C19H31N3O4. The van der Waals surface area contributed by atoms with Crippen molar-refractivity contribution < 1.29 is 19.1 Å². The second kappa shape index (κ2) is 7.00. The zero-order chi connectivity index (χ0) is 18.4. The van der Waals surface area contributed by atoms with Gasteiger partial charge in [-0.2, -0.15) is 0 Å². The summed E-state index contributed by atoms with van der Waals surface area (Å²) in [6, 6.07) is 0.728. The number of amides is 2. The van der Waals surface area contributed by atoms with E-state index in [0.717, 1.165) is 32.5 Å². The first kappa shape index (κ1) is 18.0. The minimum atomic E-state index is -0.193. The summed E-state index contributed by atoms with van der Waals surface area (Å²) < 4.78 is 11.0. The van der Waals surface area contributed by atoms with Gasteiger partial charge in [0.1, 0.15) is 0 Å². The highest BCUT2D eigenvalue weighted by Crippen LogP contribution is 2.53. The van der Waals surface area contributed by atoms with E-state index < -0.39 is 0 Å². The molecule has 5 atom stereocenters. The van der Waals surface area contributed by atoms with Crippen molar-refractivity contribution in [3.05, 3.63) is 0 Å². The third-order valence-electron chi connectivity index (χ3n) is 6.85. The van der Waals surface area contributed by atoms with Crippen LogP contribution in [0.2, 0.25) is 0 Å². The first-order chi connectivity index (χ1) is 12.5. The van der Waals surface area contributed by atoms with Crippen LogP contribution in [0.1, 0.15) is 26.7 Å². The maximum atomic E-state index is 12.4. The van der Waals surface area contributed by atoms with Crippen LogP contribution in [-0.2, 0) is 14.3 Å². The van der Waals surface area contributed by atoms with E-state index in [1.807, 2.05) is 30.7 Å². The van der Waals surface area contributed by atoms with Crippen molar-refractivity contribution in [3.8, 4) is 0 Å². The zero-order valence-electron chi connectivity index (χ0n) is 16.1. The standard InChI is InChI=1S/C19H31N3O4/c1-4-20(3)18(23)17-15-8-21(9-16(15)17)12-6-13-10-25-11-14(7-12)22(13)19(24)26-5-2/h12-17H,4-11H2,1-3H3/t12?,13?,14?,15-,16+,17+. The lowest BCUT2D eigenvalue weighted by atomic mass is 9.89. The van der Waals surface area contributed by atoms with Crippen LogP contribution < -0.4 is 0 Å². The Balaban J connectivity index is 1.35. The molecule has 0 aromatic heterocycles. The third kappa shape index (κ3) is 2.99. The molecule has 0 radical (unpaired) electrons. The summed E-state index contributed by atoms with van der Waals surface area (Å²) >= 11 is 0. The average molecular weight is 365 g/mol. The van der Waals surface area contributed by atoms with E-state index in [2.05, 4.69) is 4.90 Å². The first-order valence-electron chi connectivity index (χ1n) is 10.1. The van der Waals surface area contributed by atoms with Gasteiger partial charge in [0, 0.05) is 38.6 Å². The lowest BCUT2D eigenvalue weighted by Crippen LogP contribution is -2.62. The van der Waals surface area contributed by atoms with Crippen molar-refractivity contribution in [2.24, 2.45) is 17.8 Å². The highest BCUT2D eigenvalue weighted by atomic mass is 16.6. The molecule has 3 saturated heterocycles. The van der Waals surface area contributed by atoms with Crippen molar-refractivity contribution in [1.82, 2.24) is 14.7 Å². The van der Waals surface area contributed by atoms with Crippen molar-refractivity contribution in [2.45, 2.75) is 44.8 Å². The molecule has 2 bridgehead atoms. The van der Waals surface area contributed by atoms with Crippen LogP contribution in [-0.4, -0.2) is 91.3 Å². The SMILES string of the molecule is CCOC(=O)N1C2COCC1CC(N1C[C@@H]3[C@H](C1)[C@H]3C(=O)N(C)CC)C2. The maximum Gasteiger partial charge on any atom is 0.410 e. The minimum absolute atomic E-state index is 0.118.